The first-order valence-electron chi connectivity index (χ1n) is 7.42. The molecule has 0 rings (SSSR count). The molecular formula is C15H26Cl2O4. The molecule has 0 aliphatic rings. The zero-order chi connectivity index (χ0) is 16.5. The third kappa shape index (κ3) is 6.03. The van der Waals surface area contributed by atoms with Crippen LogP contribution in [0.3, 0.4) is 0 Å². The Morgan fingerprint density at radius 1 is 0.762 bits per heavy atom. The zero-order valence-corrected chi connectivity index (χ0v) is 14.9. The summed E-state index contributed by atoms with van der Waals surface area (Å²) in [6, 6.07) is 0. The van der Waals surface area contributed by atoms with Crippen molar-refractivity contribution >= 4 is 35.1 Å². The van der Waals surface area contributed by atoms with E-state index in [1.165, 1.54) is 0 Å². The molecule has 0 heterocycles. The fourth-order valence-corrected chi connectivity index (χ4v) is 2.76. The van der Waals surface area contributed by atoms with Crippen LogP contribution in [0.4, 0.5) is 0 Å². The van der Waals surface area contributed by atoms with Gasteiger partial charge in [-0.1, -0.05) is 27.7 Å². The van der Waals surface area contributed by atoms with Crippen molar-refractivity contribution in [3.05, 3.63) is 0 Å². The molecule has 0 bridgehead atoms. The first kappa shape index (κ1) is 20.5. The number of hydrogen-bond donors (Lipinski definition) is 0. The van der Waals surface area contributed by atoms with Crippen LogP contribution in [0.1, 0.15) is 59.8 Å². The maximum atomic E-state index is 11.9. The molecule has 124 valence electrons. The molecule has 0 atom stereocenters. The van der Waals surface area contributed by atoms with E-state index in [0.29, 0.717) is 25.7 Å². The summed E-state index contributed by atoms with van der Waals surface area (Å²) in [5.41, 5.74) is -1.42. The molecule has 0 saturated carbocycles. The highest BCUT2D eigenvalue weighted by Gasteiger charge is 2.33. The molecular weight excluding hydrogens is 315 g/mol. The first-order chi connectivity index (χ1) is 9.86. The van der Waals surface area contributed by atoms with Gasteiger partial charge in [0.25, 0.3) is 0 Å². The van der Waals surface area contributed by atoms with Crippen LogP contribution in [-0.2, 0) is 19.1 Å². The lowest BCUT2D eigenvalue weighted by Crippen LogP contribution is -2.39. The molecule has 0 aromatic carbocycles. The van der Waals surface area contributed by atoms with E-state index < -0.39 is 29.6 Å². The van der Waals surface area contributed by atoms with E-state index in [0.717, 1.165) is 0 Å². The molecule has 0 aromatic rings. The molecule has 0 unspecified atom stereocenters. The number of carbonyl (C=O) groups is 2. The van der Waals surface area contributed by atoms with Crippen LogP contribution < -0.4 is 0 Å². The number of carbonyl (C=O) groups excluding carboxylic acids is 2. The second kappa shape index (κ2) is 9.52. The maximum absolute atomic E-state index is 11.9. The van der Waals surface area contributed by atoms with Crippen molar-refractivity contribution in [3.63, 3.8) is 0 Å². The van der Waals surface area contributed by atoms with Gasteiger partial charge in [0.2, 0.25) is 0 Å². The number of rotatable bonds is 10. The van der Waals surface area contributed by atoms with Crippen LogP contribution in [0.2, 0.25) is 0 Å². The molecule has 0 N–H and O–H groups in total. The van der Waals surface area contributed by atoms with Crippen molar-refractivity contribution in [2.75, 3.05) is 11.8 Å². The SMILES string of the molecule is CCC(CC)(CCl)OC(=O)CC(=O)OC(CC)(CC)CCl. The van der Waals surface area contributed by atoms with Crippen molar-refractivity contribution in [2.24, 2.45) is 0 Å². The molecule has 0 aromatic heterocycles. The average molecular weight is 341 g/mol. The van der Waals surface area contributed by atoms with E-state index in [1.54, 1.807) is 0 Å². The second-order valence-electron chi connectivity index (χ2n) is 5.17. The highest BCUT2D eigenvalue weighted by molar-refractivity contribution is 6.19. The normalized spacial score (nSPS) is 12.1. The summed E-state index contributed by atoms with van der Waals surface area (Å²) < 4.78 is 10.7. The van der Waals surface area contributed by atoms with Gasteiger partial charge in [0, 0.05) is 0 Å². The third-order valence-corrected chi connectivity index (χ3v) is 4.99. The third-order valence-electron chi connectivity index (χ3n) is 4.01. The van der Waals surface area contributed by atoms with Crippen molar-refractivity contribution in [3.8, 4) is 0 Å². The molecule has 0 aliphatic carbocycles. The number of esters is 2. The Kier molecular flexibility index (Phi) is 9.30. The van der Waals surface area contributed by atoms with Crippen LogP contribution in [0.5, 0.6) is 0 Å². The summed E-state index contributed by atoms with van der Waals surface area (Å²) in [4.78, 5) is 23.8. The Morgan fingerprint density at radius 2 is 1.05 bits per heavy atom. The summed E-state index contributed by atoms with van der Waals surface area (Å²) in [6.45, 7) is 7.57. The van der Waals surface area contributed by atoms with Crippen molar-refractivity contribution in [1.29, 1.82) is 0 Å². The summed E-state index contributed by atoms with van der Waals surface area (Å²) in [6.07, 6.45) is 1.98. The van der Waals surface area contributed by atoms with E-state index in [1.807, 2.05) is 27.7 Å². The Bertz CT molecular complexity index is 288. The lowest BCUT2D eigenvalue weighted by Gasteiger charge is -2.31. The van der Waals surface area contributed by atoms with Gasteiger partial charge in [-0.3, -0.25) is 9.59 Å². The second-order valence-corrected chi connectivity index (χ2v) is 5.71. The molecule has 0 spiro atoms. The largest absolute Gasteiger partial charge is 0.457 e. The number of alkyl halides is 2. The van der Waals surface area contributed by atoms with Gasteiger partial charge in [-0.2, -0.15) is 0 Å². The van der Waals surface area contributed by atoms with Crippen LogP contribution in [0, 0.1) is 0 Å². The fourth-order valence-electron chi connectivity index (χ4n) is 1.89. The van der Waals surface area contributed by atoms with E-state index in [4.69, 9.17) is 32.7 Å². The molecule has 0 fully saturated rings. The Balaban J connectivity index is 4.62. The van der Waals surface area contributed by atoms with Gasteiger partial charge in [-0.25, -0.2) is 0 Å². The van der Waals surface area contributed by atoms with Gasteiger partial charge in [0.05, 0.1) is 11.8 Å². The number of halogens is 2. The van der Waals surface area contributed by atoms with Crippen molar-refractivity contribution in [2.45, 2.75) is 71.0 Å². The van der Waals surface area contributed by atoms with Gasteiger partial charge in [-0.05, 0) is 25.7 Å². The predicted octanol–water partition coefficient (Wildman–Crippen LogP) is 4.06. The lowest BCUT2D eigenvalue weighted by atomic mass is 9.99. The van der Waals surface area contributed by atoms with E-state index in [9.17, 15) is 9.59 Å². The summed E-state index contributed by atoms with van der Waals surface area (Å²) >= 11 is 11.7. The Morgan fingerprint density at radius 3 is 1.24 bits per heavy atom. The maximum Gasteiger partial charge on any atom is 0.317 e. The summed E-state index contributed by atoms with van der Waals surface area (Å²) in [5, 5.41) is 0. The quantitative estimate of drug-likeness (QED) is 0.342. The molecule has 0 radical (unpaired) electrons. The highest BCUT2D eigenvalue weighted by atomic mass is 35.5. The van der Waals surface area contributed by atoms with Crippen LogP contribution >= 0.6 is 23.2 Å². The standard InChI is InChI=1S/C15H26Cl2O4/c1-5-14(6-2,10-16)20-12(18)9-13(19)21-15(7-3,8-4)11-17/h5-11H2,1-4H3. The summed E-state index contributed by atoms with van der Waals surface area (Å²) in [5.74, 6) is -0.813. The molecule has 21 heavy (non-hydrogen) atoms. The van der Waals surface area contributed by atoms with Gasteiger partial charge < -0.3 is 9.47 Å². The van der Waals surface area contributed by atoms with E-state index in [2.05, 4.69) is 0 Å². The number of hydrogen-bond acceptors (Lipinski definition) is 4. The van der Waals surface area contributed by atoms with Crippen LogP contribution in [-0.4, -0.2) is 34.9 Å². The predicted molar refractivity (Wildman–Crippen MR) is 84.9 cm³/mol. The Hall–Kier alpha value is -0.480. The molecule has 4 nitrogen and oxygen atoms in total. The minimum Gasteiger partial charge on any atom is -0.457 e. The van der Waals surface area contributed by atoms with Gasteiger partial charge in [-0.15, -0.1) is 23.2 Å². The van der Waals surface area contributed by atoms with E-state index >= 15 is 0 Å². The molecule has 0 saturated heterocycles. The number of ether oxygens (including phenoxy) is 2. The topological polar surface area (TPSA) is 52.6 Å². The minimum absolute atomic E-state index is 0.205. The zero-order valence-electron chi connectivity index (χ0n) is 13.3. The average Bonchev–Trinajstić information content (AvgIpc) is 2.50. The fraction of sp³-hybridized carbons (Fsp3) is 0.867. The Labute approximate surface area is 137 Å². The van der Waals surface area contributed by atoms with Gasteiger partial charge >= 0.3 is 11.9 Å². The monoisotopic (exact) mass is 340 g/mol. The van der Waals surface area contributed by atoms with Crippen molar-refractivity contribution in [1.82, 2.24) is 0 Å². The first-order valence-corrected chi connectivity index (χ1v) is 8.49. The molecule has 0 amide bonds. The van der Waals surface area contributed by atoms with Gasteiger partial charge in [0.15, 0.2) is 0 Å². The van der Waals surface area contributed by atoms with E-state index in [-0.39, 0.29) is 11.8 Å². The van der Waals surface area contributed by atoms with Crippen LogP contribution in [0.25, 0.3) is 0 Å². The van der Waals surface area contributed by atoms with Gasteiger partial charge in [0.1, 0.15) is 17.6 Å². The van der Waals surface area contributed by atoms with Crippen LogP contribution in [0.15, 0.2) is 0 Å². The van der Waals surface area contributed by atoms with Crippen molar-refractivity contribution < 1.29 is 19.1 Å². The smallest absolute Gasteiger partial charge is 0.317 e. The molecule has 6 heteroatoms. The minimum atomic E-state index is -0.710. The lowest BCUT2D eigenvalue weighted by molar-refractivity contribution is -0.170. The molecule has 0 aliphatic heterocycles. The highest BCUT2D eigenvalue weighted by Crippen LogP contribution is 2.25. The summed E-state index contributed by atoms with van der Waals surface area (Å²) in [7, 11) is 0.